The van der Waals surface area contributed by atoms with E-state index in [9.17, 15) is 9.59 Å². The van der Waals surface area contributed by atoms with Crippen LogP contribution in [0.25, 0.3) is 21.3 Å². The molecule has 154 valence electrons. The van der Waals surface area contributed by atoms with E-state index < -0.39 is 12.0 Å². The van der Waals surface area contributed by atoms with Gasteiger partial charge in [-0.2, -0.15) is 0 Å². The van der Waals surface area contributed by atoms with Gasteiger partial charge in [0.15, 0.2) is 0 Å². The van der Waals surface area contributed by atoms with E-state index in [1.54, 1.807) is 6.92 Å². The van der Waals surface area contributed by atoms with Crippen molar-refractivity contribution >= 4 is 27.5 Å². The summed E-state index contributed by atoms with van der Waals surface area (Å²) in [4.78, 5) is 31.8. The number of aryl methyl sites for hydroxylation is 1. The van der Waals surface area contributed by atoms with Gasteiger partial charge in [0.25, 0.3) is 5.56 Å². The van der Waals surface area contributed by atoms with Crippen molar-refractivity contribution in [2.75, 3.05) is 13.2 Å². The number of hydrogen-bond donors (Lipinski definition) is 0. The van der Waals surface area contributed by atoms with E-state index in [0.29, 0.717) is 23.4 Å². The van der Waals surface area contributed by atoms with Crippen LogP contribution < -0.4 is 10.3 Å². The van der Waals surface area contributed by atoms with Gasteiger partial charge in [-0.05, 0) is 44.4 Å². The highest BCUT2D eigenvalue weighted by Gasteiger charge is 2.23. The minimum atomic E-state index is -0.744. The molecule has 0 unspecified atom stereocenters. The Kier molecular flexibility index (Phi) is 6.37. The van der Waals surface area contributed by atoms with E-state index in [4.69, 9.17) is 9.47 Å². The third-order valence-corrected chi connectivity index (χ3v) is 5.60. The summed E-state index contributed by atoms with van der Waals surface area (Å²) in [5, 5.41) is 0.530. The van der Waals surface area contributed by atoms with Gasteiger partial charge in [0.1, 0.15) is 16.6 Å². The van der Waals surface area contributed by atoms with Crippen molar-refractivity contribution < 1.29 is 14.3 Å². The number of carbonyl (C=O) groups is 1. The molecule has 1 atom stereocenters. The second-order valence-corrected chi connectivity index (χ2v) is 8.53. The molecule has 29 heavy (non-hydrogen) atoms. The Morgan fingerprint density at radius 3 is 2.52 bits per heavy atom. The molecule has 1 aromatic carbocycles. The first-order valence-electron chi connectivity index (χ1n) is 9.73. The number of esters is 1. The lowest BCUT2D eigenvalue weighted by Gasteiger charge is -2.15. The highest BCUT2D eigenvalue weighted by Crippen LogP contribution is 2.36. The Hall–Kier alpha value is -2.67. The van der Waals surface area contributed by atoms with Crippen molar-refractivity contribution in [2.24, 2.45) is 5.92 Å². The quantitative estimate of drug-likeness (QED) is 0.529. The molecule has 0 aliphatic heterocycles. The first-order chi connectivity index (χ1) is 13.8. The van der Waals surface area contributed by atoms with Crippen LogP contribution in [0.4, 0.5) is 0 Å². The predicted molar refractivity (Wildman–Crippen MR) is 116 cm³/mol. The number of thiophene rings is 1. The zero-order valence-corrected chi connectivity index (χ0v) is 18.2. The van der Waals surface area contributed by atoms with Crippen LogP contribution in [0, 0.1) is 12.8 Å². The third-order valence-electron chi connectivity index (χ3n) is 4.58. The van der Waals surface area contributed by atoms with Gasteiger partial charge in [0.2, 0.25) is 0 Å². The predicted octanol–water partition coefficient (Wildman–Crippen LogP) is 4.59. The lowest BCUT2D eigenvalue weighted by atomic mass is 10.0. The van der Waals surface area contributed by atoms with Crippen molar-refractivity contribution in [1.29, 1.82) is 0 Å². The number of carbonyl (C=O) groups excluding carboxylic acids is 1. The average Bonchev–Trinajstić information content (AvgIpc) is 3.03. The van der Waals surface area contributed by atoms with Crippen LogP contribution >= 0.6 is 11.3 Å². The summed E-state index contributed by atoms with van der Waals surface area (Å²) in [7, 11) is 0. The second kappa shape index (κ2) is 8.78. The number of hydrogen-bond acceptors (Lipinski definition) is 6. The van der Waals surface area contributed by atoms with Crippen molar-refractivity contribution in [3.63, 3.8) is 0 Å². The smallest absolute Gasteiger partial charge is 0.329 e. The van der Waals surface area contributed by atoms with E-state index >= 15 is 0 Å². The summed E-state index contributed by atoms with van der Waals surface area (Å²) >= 11 is 1.47. The van der Waals surface area contributed by atoms with Crippen molar-refractivity contribution in [2.45, 2.75) is 40.7 Å². The maximum Gasteiger partial charge on any atom is 0.329 e. The molecule has 3 aromatic rings. The molecule has 7 heteroatoms. The minimum Gasteiger partial charge on any atom is -0.494 e. The average molecular weight is 415 g/mol. The van der Waals surface area contributed by atoms with Gasteiger partial charge in [-0.25, -0.2) is 9.78 Å². The molecule has 0 radical (unpaired) electrons. The third kappa shape index (κ3) is 4.34. The normalized spacial score (nSPS) is 12.3. The molecule has 6 nitrogen and oxygen atoms in total. The highest BCUT2D eigenvalue weighted by atomic mass is 32.1. The van der Waals surface area contributed by atoms with Crippen LogP contribution in [0.3, 0.4) is 0 Å². The highest BCUT2D eigenvalue weighted by molar-refractivity contribution is 7.19. The van der Waals surface area contributed by atoms with E-state index in [0.717, 1.165) is 21.8 Å². The van der Waals surface area contributed by atoms with Gasteiger partial charge in [0, 0.05) is 10.4 Å². The van der Waals surface area contributed by atoms with Gasteiger partial charge in [0.05, 0.1) is 24.9 Å². The van der Waals surface area contributed by atoms with Crippen LogP contribution in [0.15, 0.2) is 35.4 Å². The van der Waals surface area contributed by atoms with Gasteiger partial charge >= 0.3 is 5.97 Å². The van der Waals surface area contributed by atoms with Crippen molar-refractivity contribution in [1.82, 2.24) is 9.55 Å². The molecule has 0 aliphatic rings. The molecule has 0 spiro atoms. The molecular formula is C22H26N2O4S. The SMILES string of the molecule is CCOc1ccc(-c2c(C)sc3ncn([C@@H](C)C(=O)OCC(C)C)c(=O)c23)cc1. The largest absolute Gasteiger partial charge is 0.494 e. The maximum absolute atomic E-state index is 13.3. The van der Waals surface area contributed by atoms with Crippen LogP contribution in [-0.2, 0) is 9.53 Å². The molecule has 2 aromatic heterocycles. The number of fused-ring (bicyclic) bond motifs is 1. The molecular weight excluding hydrogens is 388 g/mol. The Labute approximate surface area is 174 Å². The standard InChI is InChI=1S/C22H26N2O4S/c1-6-27-17-9-7-16(8-10-17)18-15(5)29-20-19(18)21(25)24(12-23-20)14(4)22(26)28-11-13(2)3/h7-10,12-14H,6,11H2,1-5H3/t14-/m0/s1. The second-order valence-electron chi connectivity index (χ2n) is 7.33. The molecule has 3 rings (SSSR count). The van der Waals surface area contributed by atoms with Gasteiger partial charge in [-0.1, -0.05) is 26.0 Å². The van der Waals surface area contributed by atoms with Gasteiger partial charge in [-0.15, -0.1) is 11.3 Å². The van der Waals surface area contributed by atoms with E-state index in [-0.39, 0.29) is 11.5 Å². The van der Waals surface area contributed by atoms with Gasteiger partial charge < -0.3 is 9.47 Å². The first-order valence-corrected chi connectivity index (χ1v) is 10.5. The van der Waals surface area contributed by atoms with E-state index in [1.165, 1.54) is 22.2 Å². The Balaban J connectivity index is 2.04. The number of benzene rings is 1. The molecule has 0 saturated carbocycles. The number of rotatable bonds is 7. The zero-order valence-electron chi connectivity index (χ0n) is 17.4. The van der Waals surface area contributed by atoms with Crippen molar-refractivity contribution in [3.05, 3.63) is 45.8 Å². The minimum absolute atomic E-state index is 0.231. The number of nitrogens with zero attached hydrogens (tertiary/aromatic N) is 2. The molecule has 0 bridgehead atoms. The van der Waals surface area contributed by atoms with Crippen molar-refractivity contribution in [3.8, 4) is 16.9 Å². The fourth-order valence-corrected chi connectivity index (χ4v) is 4.11. The van der Waals surface area contributed by atoms with Crippen LogP contribution in [0.1, 0.15) is 38.6 Å². The lowest BCUT2D eigenvalue weighted by molar-refractivity contribution is -0.148. The molecule has 0 aliphatic carbocycles. The van der Waals surface area contributed by atoms with E-state index in [1.807, 2.05) is 52.0 Å². The van der Waals surface area contributed by atoms with Gasteiger partial charge in [-0.3, -0.25) is 9.36 Å². The lowest BCUT2D eigenvalue weighted by Crippen LogP contribution is -2.30. The van der Waals surface area contributed by atoms with Crippen LogP contribution in [0.5, 0.6) is 5.75 Å². The summed E-state index contributed by atoms with van der Waals surface area (Å²) in [6.07, 6.45) is 1.43. The summed E-state index contributed by atoms with van der Waals surface area (Å²) in [5.74, 6) is 0.580. The molecule has 0 amide bonds. The maximum atomic E-state index is 13.3. The molecule has 0 saturated heterocycles. The summed E-state index contributed by atoms with van der Waals surface area (Å²) in [6.45, 7) is 10.4. The fraction of sp³-hybridized carbons (Fsp3) is 0.409. The molecule has 2 heterocycles. The number of ether oxygens (including phenoxy) is 2. The van der Waals surface area contributed by atoms with Crippen LogP contribution in [0.2, 0.25) is 0 Å². The Bertz CT molecular complexity index is 1070. The summed E-state index contributed by atoms with van der Waals surface area (Å²) in [6, 6.07) is 6.92. The number of aromatic nitrogens is 2. The van der Waals surface area contributed by atoms with Crippen LogP contribution in [-0.4, -0.2) is 28.7 Å². The first kappa shape index (κ1) is 21.0. The Morgan fingerprint density at radius 1 is 1.21 bits per heavy atom. The topological polar surface area (TPSA) is 70.4 Å². The summed E-state index contributed by atoms with van der Waals surface area (Å²) < 4.78 is 12.2. The molecule has 0 N–H and O–H groups in total. The Morgan fingerprint density at radius 2 is 1.90 bits per heavy atom. The fourth-order valence-electron chi connectivity index (χ4n) is 3.11. The zero-order chi connectivity index (χ0) is 21.1. The summed E-state index contributed by atoms with van der Waals surface area (Å²) in [5.41, 5.74) is 1.53. The molecule has 0 fully saturated rings. The monoisotopic (exact) mass is 414 g/mol. The van der Waals surface area contributed by atoms with E-state index in [2.05, 4.69) is 4.98 Å².